The summed E-state index contributed by atoms with van der Waals surface area (Å²) in [5.74, 6) is 0. The molecule has 15 heavy (non-hydrogen) atoms. The van der Waals surface area contributed by atoms with Crippen molar-refractivity contribution in [1.29, 1.82) is 0 Å². The summed E-state index contributed by atoms with van der Waals surface area (Å²) in [4.78, 5) is 5.71. The molecule has 0 saturated heterocycles. The van der Waals surface area contributed by atoms with Crippen LogP contribution >= 0.6 is 0 Å². The van der Waals surface area contributed by atoms with Crippen molar-refractivity contribution in [3.63, 3.8) is 0 Å². The standard InChI is InChI=1S/C10H11F3N2/c1-2-15-5-7-3-4-9(10(11,12)13)14-8(7)6-15/h3-4H,2,5-6H2,1H3. The smallest absolute Gasteiger partial charge is 0.293 e. The highest BCUT2D eigenvalue weighted by molar-refractivity contribution is 5.27. The second-order valence-electron chi connectivity index (χ2n) is 3.60. The molecule has 0 aromatic carbocycles. The third-order valence-corrected chi connectivity index (χ3v) is 2.57. The Labute approximate surface area is 85.7 Å². The van der Waals surface area contributed by atoms with E-state index in [0.717, 1.165) is 18.2 Å². The summed E-state index contributed by atoms with van der Waals surface area (Å²) in [6.07, 6.45) is -4.34. The highest BCUT2D eigenvalue weighted by Crippen LogP contribution is 2.30. The van der Waals surface area contributed by atoms with Gasteiger partial charge in [-0.3, -0.25) is 4.90 Å². The molecule has 0 aliphatic carbocycles. The lowest BCUT2D eigenvalue weighted by molar-refractivity contribution is -0.141. The van der Waals surface area contributed by atoms with Gasteiger partial charge in [-0.25, -0.2) is 4.98 Å². The van der Waals surface area contributed by atoms with Crippen LogP contribution in [0.3, 0.4) is 0 Å². The molecule has 2 nitrogen and oxygen atoms in total. The van der Waals surface area contributed by atoms with E-state index >= 15 is 0 Å². The Kier molecular flexibility index (Phi) is 2.42. The van der Waals surface area contributed by atoms with Crippen LogP contribution in [0.5, 0.6) is 0 Å². The average Bonchev–Trinajstić information content (AvgIpc) is 2.57. The average molecular weight is 216 g/mol. The van der Waals surface area contributed by atoms with Crippen molar-refractivity contribution in [2.45, 2.75) is 26.2 Å². The molecule has 0 atom stereocenters. The molecule has 2 rings (SSSR count). The van der Waals surface area contributed by atoms with Crippen molar-refractivity contribution in [3.05, 3.63) is 29.1 Å². The van der Waals surface area contributed by atoms with Gasteiger partial charge in [0.05, 0.1) is 5.69 Å². The van der Waals surface area contributed by atoms with E-state index in [-0.39, 0.29) is 0 Å². The molecule has 82 valence electrons. The molecule has 0 radical (unpaired) electrons. The van der Waals surface area contributed by atoms with Gasteiger partial charge in [-0.05, 0) is 18.2 Å². The molecule has 0 N–H and O–H groups in total. The number of fused-ring (bicyclic) bond motifs is 1. The lowest BCUT2D eigenvalue weighted by Gasteiger charge is -2.09. The largest absolute Gasteiger partial charge is 0.433 e. The van der Waals surface area contributed by atoms with Gasteiger partial charge >= 0.3 is 6.18 Å². The van der Waals surface area contributed by atoms with Gasteiger partial charge < -0.3 is 0 Å². The summed E-state index contributed by atoms with van der Waals surface area (Å²) >= 11 is 0. The molecule has 0 unspecified atom stereocenters. The van der Waals surface area contributed by atoms with Crippen LogP contribution in [-0.2, 0) is 19.3 Å². The molecular weight excluding hydrogens is 205 g/mol. The summed E-state index contributed by atoms with van der Waals surface area (Å²) in [5, 5.41) is 0. The number of halogens is 3. The molecule has 0 saturated carbocycles. The zero-order valence-electron chi connectivity index (χ0n) is 8.30. The first-order chi connectivity index (χ1) is 7.00. The van der Waals surface area contributed by atoms with Gasteiger partial charge in [-0.15, -0.1) is 0 Å². The minimum atomic E-state index is -4.34. The van der Waals surface area contributed by atoms with Crippen LogP contribution in [0.4, 0.5) is 13.2 Å². The van der Waals surface area contributed by atoms with Crippen molar-refractivity contribution in [3.8, 4) is 0 Å². The van der Waals surface area contributed by atoms with Gasteiger partial charge in [0.15, 0.2) is 0 Å². The first-order valence-corrected chi connectivity index (χ1v) is 4.79. The van der Waals surface area contributed by atoms with Crippen LogP contribution in [0, 0.1) is 0 Å². The lowest BCUT2D eigenvalue weighted by Crippen LogP contribution is -2.15. The Morgan fingerprint density at radius 3 is 2.67 bits per heavy atom. The topological polar surface area (TPSA) is 16.1 Å². The van der Waals surface area contributed by atoms with E-state index in [1.165, 1.54) is 6.07 Å². The van der Waals surface area contributed by atoms with E-state index in [2.05, 4.69) is 9.88 Å². The quantitative estimate of drug-likeness (QED) is 0.716. The fraction of sp³-hybridized carbons (Fsp3) is 0.500. The number of pyridine rings is 1. The molecule has 0 fully saturated rings. The van der Waals surface area contributed by atoms with E-state index in [0.29, 0.717) is 18.8 Å². The van der Waals surface area contributed by atoms with Crippen molar-refractivity contribution in [2.24, 2.45) is 0 Å². The summed E-state index contributed by atoms with van der Waals surface area (Å²) in [5.41, 5.74) is 0.677. The highest BCUT2D eigenvalue weighted by Gasteiger charge is 2.33. The summed E-state index contributed by atoms with van der Waals surface area (Å²) in [6, 6.07) is 2.58. The second-order valence-corrected chi connectivity index (χ2v) is 3.60. The van der Waals surface area contributed by atoms with Crippen molar-refractivity contribution >= 4 is 0 Å². The zero-order valence-corrected chi connectivity index (χ0v) is 8.30. The number of hydrogen-bond acceptors (Lipinski definition) is 2. The molecule has 0 bridgehead atoms. The van der Waals surface area contributed by atoms with Crippen molar-refractivity contribution in [1.82, 2.24) is 9.88 Å². The van der Waals surface area contributed by atoms with Crippen LogP contribution in [0.2, 0.25) is 0 Å². The Balaban J connectivity index is 2.30. The zero-order chi connectivity index (χ0) is 11.1. The van der Waals surface area contributed by atoms with Gasteiger partial charge in [0.25, 0.3) is 0 Å². The first kappa shape index (κ1) is 10.4. The van der Waals surface area contributed by atoms with Crippen LogP contribution < -0.4 is 0 Å². The predicted octanol–water partition coefficient (Wildman–Crippen LogP) is 2.44. The van der Waals surface area contributed by atoms with Crippen molar-refractivity contribution < 1.29 is 13.2 Å². The summed E-state index contributed by atoms with van der Waals surface area (Å²) in [7, 11) is 0. The predicted molar refractivity (Wildman–Crippen MR) is 49.0 cm³/mol. The third kappa shape index (κ3) is 1.97. The number of alkyl halides is 3. The molecule has 1 aromatic rings. The van der Waals surface area contributed by atoms with Crippen LogP contribution in [0.25, 0.3) is 0 Å². The normalized spacial score (nSPS) is 16.8. The van der Waals surface area contributed by atoms with Gasteiger partial charge in [0.2, 0.25) is 0 Å². The van der Waals surface area contributed by atoms with E-state index in [1.807, 2.05) is 6.92 Å². The molecule has 5 heteroatoms. The molecule has 0 spiro atoms. The fourth-order valence-corrected chi connectivity index (χ4v) is 1.70. The van der Waals surface area contributed by atoms with E-state index in [1.54, 1.807) is 0 Å². The molecule has 0 amide bonds. The number of nitrogens with zero attached hydrogens (tertiary/aromatic N) is 2. The third-order valence-electron chi connectivity index (χ3n) is 2.57. The van der Waals surface area contributed by atoms with Gasteiger partial charge in [0.1, 0.15) is 5.69 Å². The van der Waals surface area contributed by atoms with Crippen LogP contribution in [-0.4, -0.2) is 16.4 Å². The summed E-state index contributed by atoms with van der Waals surface area (Å²) < 4.78 is 37.1. The minimum Gasteiger partial charge on any atom is -0.293 e. The molecule has 2 heterocycles. The molecule has 1 aliphatic rings. The van der Waals surface area contributed by atoms with Crippen LogP contribution in [0.15, 0.2) is 12.1 Å². The second kappa shape index (κ2) is 3.48. The Morgan fingerprint density at radius 1 is 1.33 bits per heavy atom. The maximum Gasteiger partial charge on any atom is 0.433 e. The molecule has 1 aliphatic heterocycles. The van der Waals surface area contributed by atoms with E-state index in [9.17, 15) is 13.2 Å². The van der Waals surface area contributed by atoms with E-state index < -0.39 is 11.9 Å². The first-order valence-electron chi connectivity index (χ1n) is 4.79. The van der Waals surface area contributed by atoms with Crippen molar-refractivity contribution in [2.75, 3.05) is 6.54 Å². The Hall–Kier alpha value is -1.10. The number of aromatic nitrogens is 1. The molecule has 1 aromatic heterocycles. The highest BCUT2D eigenvalue weighted by atomic mass is 19.4. The van der Waals surface area contributed by atoms with Gasteiger partial charge in [-0.1, -0.05) is 13.0 Å². The number of rotatable bonds is 1. The van der Waals surface area contributed by atoms with Gasteiger partial charge in [-0.2, -0.15) is 13.2 Å². The SMILES string of the molecule is CCN1Cc2ccc(C(F)(F)F)nc2C1. The maximum absolute atomic E-state index is 12.4. The van der Waals surface area contributed by atoms with Gasteiger partial charge in [0, 0.05) is 13.1 Å². The Bertz CT molecular complexity index is 373. The lowest BCUT2D eigenvalue weighted by atomic mass is 10.2. The maximum atomic E-state index is 12.4. The minimum absolute atomic E-state index is 0.524. The van der Waals surface area contributed by atoms with Crippen LogP contribution in [0.1, 0.15) is 23.9 Å². The number of hydrogen-bond donors (Lipinski definition) is 0. The fourth-order valence-electron chi connectivity index (χ4n) is 1.70. The molecular formula is C10H11F3N2. The Morgan fingerprint density at radius 2 is 2.07 bits per heavy atom. The summed E-state index contributed by atoms with van der Waals surface area (Å²) in [6.45, 7) is 4.04. The van der Waals surface area contributed by atoms with E-state index in [4.69, 9.17) is 0 Å². The monoisotopic (exact) mass is 216 g/mol.